The van der Waals surface area contributed by atoms with E-state index < -0.39 is 0 Å². The fourth-order valence-electron chi connectivity index (χ4n) is 1.46. The van der Waals surface area contributed by atoms with E-state index in [-0.39, 0.29) is 0 Å². The topological polar surface area (TPSA) is 34.1 Å². The number of aromatic nitrogens is 1. The highest BCUT2D eigenvalue weighted by Crippen LogP contribution is 2.21. The summed E-state index contributed by atoms with van der Waals surface area (Å²) < 4.78 is 6.25. The average Bonchev–Trinajstić information content (AvgIpc) is 2.30. The van der Waals surface area contributed by atoms with Gasteiger partial charge in [-0.1, -0.05) is 12.1 Å². The largest absolute Gasteiger partial charge is 0.494 e. The summed E-state index contributed by atoms with van der Waals surface area (Å²) in [6.45, 7) is 2.63. The Kier molecular flexibility index (Phi) is 3.98. The Labute approximate surface area is 109 Å². The molecular formula is C13H13BrN2O. The number of pyridine rings is 1. The average molecular weight is 293 g/mol. The van der Waals surface area contributed by atoms with E-state index in [2.05, 4.69) is 26.2 Å². The van der Waals surface area contributed by atoms with Crippen LogP contribution in [0.5, 0.6) is 5.75 Å². The van der Waals surface area contributed by atoms with E-state index in [0.29, 0.717) is 6.61 Å². The Morgan fingerprint density at radius 1 is 1.24 bits per heavy atom. The molecule has 0 aliphatic heterocycles. The molecule has 0 fully saturated rings. The minimum absolute atomic E-state index is 0.665. The molecule has 0 saturated carbocycles. The lowest BCUT2D eigenvalue weighted by Crippen LogP contribution is -1.95. The van der Waals surface area contributed by atoms with Crippen molar-refractivity contribution in [3.63, 3.8) is 0 Å². The van der Waals surface area contributed by atoms with Crippen LogP contribution in [0.3, 0.4) is 0 Å². The molecule has 0 aliphatic carbocycles. The fraction of sp³-hybridized carbons (Fsp3) is 0.154. The van der Waals surface area contributed by atoms with Crippen molar-refractivity contribution in [2.24, 2.45) is 0 Å². The number of nitrogens with one attached hydrogen (secondary N) is 1. The highest BCUT2D eigenvalue weighted by molar-refractivity contribution is 9.10. The molecule has 0 amide bonds. The molecule has 0 bridgehead atoms. The minimum atomic E-state index is 0.665. The highest BCUT2D eigenvalue weighted by Gasteiger charge is 1.98. The highest BCUT2D eigenvalue weighted by atomic mass is 79.9. The summed E-state index contributed by atoms with van der Waals surface area (Å²) in [5.74, 6) is 1.65. The van der Waals surface area contributed by atoms with Gasteiger partial charge in [-0.2, -0.15) is 0 Å². The lowest BCUT2D eigenvalue weighted by Gasteiger charge is -2.08. The van der Waals surface area contributed by atoms with E-state index in [1.165, 1.54) is 0 Å². The molecule has 0 spiro atoms. The fourth-order valence-corrected chi connectivity index (χ4v) is 1.80. The van der Waals surface area contributed by atoms with Gasteiger partial charge in [-0.05, 0) is 47.1 Å². The second-order valence-electron chi connectivity index (χ2n) is 3.43. The van der Waals surface area contributed by atoms with E-state index in [1.54, 1.807) is 0 Å². The first-order chi connectivity index (χ1) is 8.28. The van der Waals surface area contributed by atoms with Crippen molar-refractivity contribution < 1.29 is 4.74 Å². The van der Waals surface area contributed by atoms with Gasteiger partial charge >= 0.3 is 0 Å². The van der Waals surface area contributed by atoms with Gasteiger partial charge in [0.05, 0.1) is 6.61 Å². The molecule has 17 heavy (non-hydrogen) atoms. The molecule has 88 valence electrons. The van der Waals surface area contributed by atoms with Gasteiger partial charge < -0.3 is 10.1 Å². The Balaban J connectivity index is 2.15. The maximum Gasteiger partial charge on any atom is 0.131 e. The molecule has 2 aromatic rings. The van der Waals surface area contributed by atoms with Crippen LogP contribution >= 0.6 is 15.9 Å². The van der Waals surface area contributed by atoms with Crippen LogP contribution in [0.2, 0.25) is 0 Å². The molecule has 1 aromatic heterocycles. The summed E-state index contributed by atoms with van der Waals surface area (Å²) >= 11 is 3.34. The van der Waals surface area contributed by atoms with E-state index in [4.69, 9.17) is 4.74 Å². The van der Waals surface area contributed by atoms with Crippen molar-refractivity contribution in [2.75, 3.05) is 11.9 Å². The van der Waals surface area contributed by atoms with Crippen LogP contribution < -0.4 is 10.1 Å². The van der Waals surface area contributed by atoms with Gasteiger partial charge in [-0.15, -0.1) is 0 Å². The Morgan fingerprint density at radius 3 is 2.82 bits per heavy atom. The molecule has 1 heterocycles. The normalized spacial score (nSPS) is 10.0. The van der Waals surface area contributed by atoms with E-state index >= 15 is 0 Å². The third kappa shape index (κ3) is 3.46. The van der Waals surface area contributed by atoms with Crippen LogP contribution in [0.15, 0.2) is 47.1 Å². The summed E-state index contributed by atoms with van der Waals surface area (Å²) in [4.78, 5) is 4.31. The molecule has 1 N–H and O–H groups in total. The SMILES string of the molecule is CCOc1cccc(Nc2cccc(Br)n2)c1. The number of anilines is 2. The van der Waals surface area contributed by atoms with Crippen LogP contribution in [0.25, 0.3) is 0 Å². The summed E-state index contributed by atoms with van der Waals surface area (Å²) in [7, 11) is 0. The molecule has 3 nitrogen and oxygen atoms in total. The summed E-state index contributed by atoms with van der Waals surface area (Å²) in [6, 6.07) is 13.6. The molecule has 0 aliphatic rings. The standard InChI is InChI=1S/C13H13BrN2O/c1-2-17-11-6-3-5-10(9-11)15-13-8-4-7-12(14)16-13/h3-9H,2H2,1H3,(H,15,16). The number of halogens is 1. The Bertz CT molecular complexity index is 502. The molecule has 0 atom stereocenters. The zero-order valence-electron chi connectivity index (χ0n) is 9.48. The van der Waals surface area contributed by atoms with Gasteiger partial charge in [0.25, 0.3) is 0 Å². The predicted molar refractivity (Wildman–Crippen MR) is 72.8 cm³/mol. The monoisotopic (exact) mass is 292 g/mol. The summed E-state index contributed by atoms with van der Waals surface area (Å²) in [5, 5.41) is 3.22. The summed E-state index contributed by atoms with van der Waals surface area (Å²) in [5.41, 5.74) is 0.960. The van der Waals surface area contributed by atoms with Crippen molar-refractivity contribution in [1.29, 1.82) is 0 Å². The van der Waals surface area contributed by atoms with Gasteiger partial charge in [-0.3, -0.25) is 0 Å². The first-order valence-electron chi connectivity index (χ1n) is 5.40. The Morgan fingerprint density at radius 2 is 2.06 bits per heavy atom. The minimum Gasteiger partial charge on any atom is -0.494 e. The van der Waals surface area contributed by atoms with Crippen molar-refractivity contribution in [3.8, 4) is 5.75 Å². The molecule has 0 unspecified atom stereocenters. The van der Waals surface area contributed by atoms with Gasteiger partial charge in [0.2, 0.25) is 0 Å². The number of hydrogen-bond donors (Lipinski definition) is 1. The van der Waals surface area contributed by atoms with Gasteiger partial charge in [0, 0.05) is 11.8 Å². The van der Waals surface area contributed by atoms with Gasteiger partial charge in [0.15, 0.2) is 0 Å². The zero-order valence-corrected chi connectivity index (χ0v) is 11.1. The first kappa shape index (κ1) is 11.9. The number of ether oxygens (including phenoxy) is 1. The first-order valence-corrected chi connectivity index (χ1v) is 6.19. The van der Waals surface area contributed by atoms with Crippen LogP contribution in [0.1, 0.15) is 6.92 Å². The molecule has 0 radical (unpaired) electrons. The van der Waals surface area contributed by atoms with Crippen molar-refractivity contribution in [3.05, 3.63) is 47.1 Å². The van der Waals surface area contributed by atoms with Crippen LogP contribution in [0, 0.1) is 0 Å². The number of rotatable bonds is 4. The predicted octanol–water partition coefficient (Wildman–Crippen LogP) is 3.99. The third-order valence-corrected chi connectivity index (χ3v) is 2.57. The molecular weight excluding hydrogens is 280 g/mol. The lowest BCUT2D eigenvalue weighted by atomic mass is 10.3. The Hall–Kier alpha value is -1.55. The second kappa shape index (κ2) is 5.68. The molecule has 2 rings (SSSR count). The third-order valence-electron chi connectivity index (χ3n) is 2.13. The number of benzene rings is 1. The number of hydrogen-bond acceptors (Lipinski definition) is 3. The van der Waals surface area contributed by atoms with E-state index in [1.807, 2.05) is 49.4 Å². The zero-order chi connectivity index (χ0) is 12.1. The van der Waals surface area contributed by atoms with Crippen molar-refractivity contribution >= 4 is 27.4 Å². The maximum atomic E-state index is 5.44. The lowest BCUT2D eigenvalue weighted by molar-refractivity contribution is 0.340. The maximum absolute atomic E-state index is 5.44. The van der Waals surface area contributed by atoms with Crippen LogP contribution in [-0.2, 0) is 0 Å². The van der Waals surface area contributed by atoms with E-state index in [9.17, 15) is 0 Å². The number of nitrogens with zero attached hydrogens (tertiary/aromatic N) is 1. The van der Waals surface area contributed by atoms with E-state index in [0.717, 1.165) is 21.9 Å². The van der Waals surface area contributed by atoms with Crippen LogP contribution in [0.4, 0.5) is 11.5 Å². The van der Waals surface area contributed by atoms with Gasteiger partial charge in [-0.25, -0.2) is 4.98 Å². The van der Waals surface area contributed by atoms with Gasteiger partial charge in [0.1, 0.15) is 16.2 Å². The van der Waals surface area contributed by atoms with Crippen molar-refractivity contribution in [2.45, 2.75) is 6.92 Å². The molecule has 1 aromatic carbocycles. The molecule has 0 saturated heterocycles. The quantitative estimate of drug-likeness (QED) is 0.866. The van der Waals surface area contributed by atoms with Crippen molar-refractivity contribution in [1.82, 2.24) is 4.98 Å². The smallest absolute Gasteiger partial charge is 0.131 e. The summed E-state index contributed by atoms with van der Waals surface area (Å²) in [6.07, 6.45) is 0. The second-order valence-corrected chi connectivity index (χ2v) is 4.24. The molecule has 4 heteroatoms. The van der Waals surface area contributed by atoms with Crippen LogP contribution in [-0.4, -0.2) is 11.6 Å².